The highest BCUT2D eigenvalue weighted by Gasteiger charge is 2.33. The van der Waals surface area contributed by atoms with Crippen molar-refractivity contribution in [1.82, 2.24) is 4.90 Å². The third-order valence-corrected chi connectivity index (χ3v) is 5.55. The number of hydrogen-bond donors (Lipinski definition) is 1. The molecule has 3 aromatic carbocycles. The zero-order chi connectivity index (χ0) is 21.8. The van der Waals surface area contributed by atoms with E-state index in [9.17, 15) is 4.79 Å². The molecule has 1 N–H and O–H groups in total. The lowest BCUT2D eigenvalue weighted by Crippen LogP contribution is -2.44. The standard InChI is InChI=1S/C25H26N2O4/c1-29-19-11-8-17(9-12-19)14-15-27-24(18-10-13-22(30-2)23(16-18)31-3)26-21-7-5-4-6-20(21)25(27)28/h4-13,16,24,26H,14-15H2,1-3H3/t24-/m0/s1. The monoisotopic (exact) mass is 418 g/mol. The first kappa shape index (κ1) is 20.6. The summed E-state index contributed by atoms with van der Waals surface area (Å²) in [5, 5.41) is 3.53. The number of amides is 1. The fourth-order valence-electron chi connectivity index (χ4n) is 3.85. The van der Waals surface area contributed by atoms with E-state index in [-0.39, 0.29) is 12.1 Å². The first-order chi connectivity index (χ1) is 15.1. The van der Waals surface area contributed by atoms with Gasteiger partial charge in [-0.25, -0.2) is 0 Å². The lowest BCUT2D eigenvalue weighted by molar-refractivity contribution is 0.0685. The highest BCUT2D eigenvalue weighted by atomic mass is 16.5. The Kier molecular flexibility index (Phi) is 5.98. The molecule has 0 aromatic heterocycles. The van der Waals surface area contributed by atoms with Crippen molar-refractivity contribution in [2.45, 2.75) is 12.6 Å². The minimum absolute atomic E-state index is 0.00245. The van der Waals surface area contributed by atoms with E-state index in [1.807, 2.05) is 71.6 Å². The number of methoxy groups -OCH3 is 3. The van der Waals surface area contributed by atoms with Crippen LogP contribution in [0.25, 0.3) is 0 Å². The number of carbonyl (C=O) groups excluding carboxylic acids is 1. The molecule has 0 bridgehead atoms. The normalized spacial score (nSPS) is 15.1. The van der Waals surface area contributed by atoms with E-state index in [1.165, 1.54) is 0 Å². The van der Waals surface area contributed by atoms with Crippen molar-refractivity contribution in [3.63, 3.8) is 0 Å². The van der Waals surface area contributed by atoms with E-state index in [2.05, 4.69) is 5.32 Å². The van der Waals surface area contributed by atoms with Gasteiger partial charge in [-0.15, -0.1) is 0 Å². The SMILES string of the molecule is COc1ccc(CCN2C(=O)c3ccccc3N[C@@H]2c2ccc(OC)c(OC)c2)cc1. The van der Waals surface area contributed by atoms with Crippen LogP contribution in [0.5, 0.6) is 17.2 Å². The van der Waals surface area contributed by atoms with Crippen molar-refractivity contribution < 1.29 is 19.0 Å². The van der Waals surface area contributed by atoms with Gasteiger partial charge in [-0.1, -0.05) is 30.3 Å². The molecule has 4 rings (SSSR count). The molecule has 0 unspecified atom stereocenters. The molecule has 31 heavy (non-hydrogen) atoms. The Morgan fingerprint density at radius 1 is 0.871 bits per heavy atom. The fourth-order valence-corrected chi connectivity index (χ4v) is 3.85. The zero-order valence-corrected chi connectivity index (χ0v) is 17.9. The maximum Gasteiger partial charge on any atom is 0.257 e. The number of ether oxygens (including phenoxy) is 3. The summed E-state index contributed by atoms with van der Waals surface area (Å²) < 4.78 is 16.1. The molecule has 160 valence electrons. The average molecular weight is 418 g/mol. The first-order valence-corrected chi connectivity index (χ1v) is 10.2. The van der Waals surface area contributed by atoms with Crippen LogP contribution in [0.2, 0.25) is 0 Å². The summed E-state index contributed by atoms with van der Waals surface area (Å²) in [6, 6.07) is 21.3. The molecule has 6 nitrogen and oxygen atoms in total. The number of fused-ring (bicyclic) bond motifs is 1. The van der Waals surface area contributed by atoms with Crippen LogP contribution < -0.4 is 19.5 Å². The van der Waals surface area contributed by atoms with Gasteiger partial charge in [0.25, 0.3) is 5.91 Å². The summed E-state index contributed by atoms with van der Waals surface area (Å²) in [7, 11) is 4.87. The number of anilines is 1. The molecule has 1 aliphatic heterocycles. The van der Waals surface area contributed by atoms with Gasteiger partial charge in [-0.3, -0.25) is 4.79 Å². The Morgan fingerprint density at radius 2 is 1.61 bits per heavy atom. The molecular weight excluding hydrogens is 392 g/mol. The number of benzene rings is 3. The molecule has 0 aliphatic carbocycles. The molecule has 0 radical (unpaired) electrons. The molecule has 3 aromatic rings. The minimum atomic E-state index is -0.319. The Hall–Kier alpha value is -3.67. The fraction of sp³-hybridized carbons (Fsp3) is 0.240. The van der Waals surface area contributed by atoms with Gasteiger partial charge in [0.05, 0.1) is 26.9 Å². The number of para-hydroxylation sites is 1. The predicted octanol–water partition coefficient (Wildman–Crippen LogP) is 4.52. The maximum atomic E-state index is 13.4. The van der Waals surface area contributed by atoms with Gasteiger partial charge in [0.2, 0.25) is 0 Å². The van der Waals surface area contributed by atoms with Crippen molar-refractivity contribution in [3.05, 3.63) is 83.4 Å². The quantitative estimate of drug-likeness (QED) is 0.611. The molecular formula is C25H26N2O4. The molecule has 1 heterocycles. The molecule has 1 atom stereocenters. The van der Waals surface area contributed by atoms with Crippen LogP contribution in [0, 0.1) is 0 Å². The third kappa shape index (κ3) is 4.14. The van der Waals surface area contributed by atoms with Gasteiger partial charge in [0.15, 0.2) is 11.5 Å². The van der Waals surface area contributed by atoms with Gasteiger partial charge < -0.3 is 24.4 Å². The Balaban J connectivity index is 1.66. The van der Waals surface area contributed by atoms with E-state index >= 15 is 0 Å². The van der Waals surface area contributed by atoms with Gasteiger partial charge in [0.1, 0.15) is 11.9 Å². The lowest BCUT2D eigenvalue weighted by Gasteiger charge is -2.38. The molecule has 0 spiro atoms. The van der Waals surface area contributed by atoms with Crippen molar-refractivity contribution in [3.8, 4) is 17.2 Å². The summed E-state index contributed by atoms with van der Waals surface area (Å²) >= 11 is 0. The highest BCUT2D eigenvalue weighted by Crippen LogP contribution is 2.36. The predicted molar refractivity (Wildman–Crippen MR) is 120 cm³/mol. The zero-order valence-electron chi connectivity index (χ0n) is 17.9. The Bertz CT molecular complexity index is 1070. The number of nitrogens with zero attached hydrogens (tertiary/aromatic N) is 1. The molecule has 0 saturated heterocycles. The molecule has 0 saturated carbocycles. The van der Waals surface area contributed by atoms with Gasteiger partial charge in [-0.2, -0.15) is 0 Å². The summed E-state index contributed by atoms with van der Waals surface area (Å²) in [5.41, 5.74) is 3.57. The van der Waals surface area contributed by atoms with Crippen molar-refractivity contribution >= 4 is 11.6 Å². The van der Waals surface area contributed by atoms with Crippen LogP contribution in [-0.2, 0) is 6.42 Å². The van der Waals surface area contributed by atoms with Crippen LogP contribution in [0.1, 0.15) is 27.7 Å². The second kappa shape index (κ2) is 9.00. The second-order valence-electron chi connectivity index (χ2n) is 7.30. The van der Waals surface area contributed by atoms with Crippen LogP contribution in [0.15, 0.2) is 66.7 Å². The summed E-state index contributed by atoms with van der Waals surface area (Å²) in [4.78, 5) is 15.3. The summed E-state index contributed by atoms with van der Waals surface area (Å²) in [6.45, 7) is 0.561. The minimum Gasteiger partial charge on any atom is -0.497 e. The van der Waals surface area contributed by atoms with Gasteiger partial charge in [0, 0.05) is 12.2 Å². The van der Waals surface area contributed by atoms with Crippen molar-refractivity contribution in [2.75, 3.05) is 33.2 Å². The van der Waals surface area contributed by atoms with E-state index in [1.54, 1.807) is 21.3 Å². The molecule has 1 amide bonds. The van der Waals surface area contributed by atoms with E-state index in [0.29, 0.717) is 23.6 Å². The number of rotatable bonds is 7. The number of hydrogen-bond acceptors (Lipinski definition) is 5. The third-order valence-electron chi connectivity index (χ3n) is 5.55. The van der Waals surface area contributed by atoms with E-state index < -0.39 is 0 Å². The van der Waals surface area contributed by atoms with Gasteiger partial charge in [-0.05, 0) is 53.9 Å². The largest absolute Gasteiger partial charge is 0.497 e. The maximum absolute atomic E-state index is 13.4. The van der Waals surface area contributed by atoms with E-state index in [4.69, 9.17) is 14.2 Å². The van der Waals surface area contributed by atoms with Crippen LogP contribution in [0.3, 0.4) is 0 Å². The molecule has 6 heteroatoms. The Morgan fingerprint density at radius 3 is 2.32 bits per heavy atom. The molecule has 1 aliphatic rings. The summed E-state index contributed by atoms with van der Waals surface area (Å²) in [6.07, 6.45) is 0.407. The topological polar surface area (TPSA) is 60.0 Å². The summed E-state index contributed by atoms with van der Waals surface area (Å²) in [5.74, 6) is 2.10. The Labute approximate surface area is 182 Å². The lowest BCUT2D eigenvalue weighted by atomic mass is 10.0. The number of nitrogens with one attached hydrogen (secondary N) is 1. The van der Waals surface area contributed by atoms with Crippen LogP contribution >= 0.6 is 0 Å². The number of carbonyl (C=O) groups is 1. The van der Waals surface area contributed by atoms with Crippen molar-refractivity contribution in [2.24, 2.45) is 0 Å². The first-order valence-electron chi connectivity index (χ1n) is 10.2. The van der Waals surface area contributed by atoms with Crippen molar-refractivity contribution in [1.29, 1.82) is 0 Å². The van der Waals surface area contributed by atoms with Crippen LogP contribution in [-0.4, -0.2) is 38.7 Å². The van der Waals surface area contributed by atoms with E-state index in [0.717, 1.165) is 29.0 Å². The smallest absolute Gasteiger partial charge is 0.257 e. The van der Waals surface area contributed by atoms with Gasteiger partial charge >= 0.3 is 0 Å². The van der Waals surface area contributed by atoms with Crippen LogP contribution in [0.4, 0.5) is 5.69 Å². The highest BCUT2D eigenvalue weighted by molar-refractivity contribution is 6.01. The second-order valence-corrected chi connectivity index (χ2v) is 7.30. The molecule has 0 fully saturated rings. The average Bonchev–Trinajstić information content (AvgIpc) is 2.83.